The van der Waals surface area contributed by atoms with Crippen molar-refractivity contribution < 1.29 is 9.53 Å². The fraction of sp³-hybridized carbons (Fsp3) is 0.471. The third kappa shape index (κ3) is 5.55. The van der Waals surface area contributed by atoms with Crippen molar-refractivity contribution in [3.63, 3.8) is 0 Å². The van der Waals surface area contributed by atoms with Gasteiger partial charge in [0.15, 0.2) is 8.32 Å². The summed E-state index contributed by atoms with van der Waals surface area (Å²) in [5.41, 5.74) is 4.72. The molecule has 0 bridgehead atoms. The van der Waals surface area contributed by atoms with Crippen LogP contribution in [0.25, 0.3) is 0 Å². The van der Waals surface area contributed by atoms with Gasteiger partial charge in [0.1, 0.15) is 0 Å². The second kappa shape index (κ2) is 12.3. The minimum absolute atomic E-state index is 0.135. The van der Waals surface area contributed by atoms with E-state index in [9.17, 15) is 5.11 Å². The average Bonchev–Trinajstić information content (AvgIpc) is 3.27. The Labute approximate surface area is 231 Å². The third-order valence-electron chi connectivity index (χ3n) is 8.95. The van der Waals surface area contributed by atoms with Gasteiger partial charge in [0.05, 0.1) is 11.6 Å². The summed E-state index contributed by atoms with van der Waals surface area (Å²) in [4.78, 5) is 0. The quantitative estimate of drug-likeness (QED) is 0.196. The Morgan fingerprint density at radius 2 is 1.11 bits per heavy atom. The maximum absolute atomic E-state index is 11.3. The van der Waals surface area contributed by atoms with Crippen molar-refractivity contribution in [2.24, 2.45) is 5.92 Å². The normalized spacial score (nSPS) is 20.5. The highest BCUT2D eigenvalue weighted by Gasteiger charge is 2.47. The summed E-state index contributed by atoms with van der Waals surface area (Å²) in [6, 6.07) is 32.4. The van der Waals surface area contributed by atoms with E-state index in [1.807, 2.05) is 0 Å². The summed E-state index contributed by atoms with van der Waals surface area (Å²) >= 11 is 0. The molecule has 1 fully saturated rings. The first kappa shape index (κ1) is 28.8. The van der Waals surface area contributed by atoms with E-state index in [0.717, 1.165) is 12.8 Å². The van der Waals surface area contributed by atoms with Crippen LogP contribution in [-0.2, 0) is 9.96 Å². The number of hydrogen-bond acceptors (Lipinski definition) is 3. The molecule has 1 aliphatic rings. The van der Waals surface area contributed by atoms with Crippen LogP contribution in [0, 0.1) is 5.92 Å². The van der Waals surface area contributed by atoms with Crippen molar-refractivity contribution in [3.8, 4) is 0 Å². The van der Waals surface area contributed by atoms with Crippen molar-refractivity contribution in [2.75, 3.05) is 6.61 Å². The van der Waals surface area contributed by atoms with Gasteiger partial charge in [0.25, 0.3) is 0 Å². The van der Waals surface area contributed by atoms with Crippen molar-refractivity contribution in [1.29, 1.82) is 0 Å². The molecule has 4 heteroatoms. The smallest absolute Gasteiger partial charge is 0.200 e. The summed E-state index contributed by atoms with van der Waals surface area (Å²) in [6.45, 7) is 14.6. The largest absolute Gasteiger partial charge is 0.416 e. The molecular formula is C34H47NO2Si. The lowest BCUT2D eigenvalue weighted by Gasteiger charge is -2.43. The van der Waals surface area contributed by atoms with E-state index >= 15 is 0 Å². The molecule has 3 aromatic rings. The van der Waals surface area contributed by atoms with Gasteiger partial charge in [0.2, 0.25) is 0 Å². The van der Waals surface area contributed by atoms with Crippen molar-refractivity contribution in [2.45, 2.75) is 88.7 Å². The van der Waals surface area contributed by atoms with Crippen molar-refractivity contribution in [3.05, 3.63) is 108 Å². The second-order valence-corrected chi connectivity index (χ2v) is 17.6. The van der Waals surface area contributed by atoms with Crippen LogP contribution in [0.1, 0.15) is 71.1 Å². The molecule has 0 saturated heterocycles. The van der Waals surface area contributed by atoms with Crippen molar-refractivity contribution in [1.82, 2.24) is 5.32 Å². The summed E-state index contributed by atoms with van der Waals surface area (Å²) in [7, 11) is -1.98. The van der Waals surface area contributed by atoms with Gasteiger partial charge >= 0.3 is 0 Å². The molecule has 0 aromatic heterocycles. The minimum Gasteiger partial charge on any atom is -0.416 e. The van der Waals surface area contributed by atoms with E-state index in [0.29, 0.717) is 23.2 Å². The SMILES string of the molecule is CC(C)[Si](OC[C@@H]1C[C@@H](NC(c2ccccc2)(c2ccccc2)c2ccccc2)C[C@@H]1O)(C(C)C)C(C)C. The topological polar surface area (TPSA) is 41.5 Å². The molecule has 2 N–H and O–H groups in total. The monoisotopic (exact) mass is 529 g/mol. The van der Waals surface area contributed by atoms with E-state index in [1.165, 1.54) is 16.7 Å². The Hall–Kier alpha value is -2.24. The zero-order valence-electron chi connectivity index (χ0n) is 24.1. The molecule has 1 saturated carbocycles. The fourth-order valence-corrected chi connectivity index (χ4v) is 12.8. The van der Waals surface area contributed by atoms with Crippen LogP contribution in [0.2, 0.25) is 16.6 Å². The van der Waals surface area contributed by atoms with Crippen LogP contribution >= 0.6 is 0 Å². The maximum atomic E-state index is 11.3. The lowest BCUT2D eigenvalue weighted by atomic mass is 9.76. The molecule has 38 heavy (non-hydrogen) atoms. The first-order chi connectivity index (χ1) is 18.2. The van der Waals surface area contributed by atoms with Crippen molar-refractivity contribution >= 4 is 8.32 Å². The molecule has 3 nitrogen and oxygen atoms in total. The van der Waals surface area contributed by atoms with Crippen LogP contribution in [0.15, 0.2) is 91.0 Å². The van der Waals surface area contributed by atoms with Gasteiger partial charge in [0, 0.05) is 18.6 Å². The van der Waals surface area contributed by atoms with E-state index in [1.54, 1.807) is 0 Å². The standard InChI is InChI=1S/C34H47NO2Si/c1-25(2)38(26(3)4,27(5)6)37-24-28-22-32(23-33(28)36)35-34(29-16-10-7-11-17-29,30-18-12-8-13-19-30)31-20-14-9-15-21-31/h7-21,25-28,32-33,35-36H,22-24H2,1-6H3/t28-,32+,33-/m0/s1. The first-order valence-electron chi connectivity index (χ1n) is 14.5. The molecule has 204 valence electrons. The lowest BCUT2D eigenvalue weighted by Crippen LogP contribution is -2.49. The number of aliphatic hydroxyl groups excluding tert-OH is 1. The highest BCUT2D eigenvalue weighted by Crippen LogP contribution is 2.44. The summed E-state index contributed by atoms with van der Waals surface area (Å²) < 4.78 is 6.95. The minimum atomic E-state index is -1.98. The average molecular weight is 530 g/mol. The maximum Gasteiger partial charge on any atom is 0.200 e. The highest BCUT2D eigenvalue weighted by atomic mass is 28.4. The Kier molecular flexibility index (Phi) is 9.30. The molecule has 0 spiro atoms. The molecule has 0 amide bonds. The molecule has 0 aliphatic heterocycles. The van der Waals surface area contributed by atoms with Gasteiger partial charge in [-0.2, -0.15) is 0 Å². The molecule has 3 atom stereocenters. The number of aliphatic hydroxyl groups is 1. The molecule has 1 aliphatic carbocycles. The fourth-order valence-electron chi connectivity index (χ4n) is 7.27. The van der Waals surface area contributed by atoms with Crippen LogP contribution < -0.4 is 5.32 Å². The predicted octanol–water partition coefficient (Wildman–Crippen LogP) is 7.90. The summed E-state index contributed by atoms with van der Waals surface area (Å²) in [5, 5.41) is 15.4. The zero-order chi connectivity index (χ0) is 27.3. The lowest BCUT2D eigenvalue weighted by molar-refractivity contribution is 0.0920. The molecule has 0 radical (unpaired) electrons. The van der Waals surface area contributed by atoms with Crippen LogP contribution in [0.5, 0.6) is 0 Å². The van der Waals surface area contributed by atoms with Crippen LogP contribution in [0.3, 0.4) is 0 Å². The van der Waals surface area contributed by atoms with Crippen LogP contribution in [-0.4, -0.2) is 32.2 Å². The zero-order valence-corrected chi connectivity index (χ0v) is 25.1. The molecular weight excluding hydrogens is 482 g/mol. The van der Waals surface area contributed by atoms with E-state index in [2.05, 4.69) is 138 Å². The van der Waals surface area contributed by atoms with E-state index in [4.69, 9.17) is 4.43 Å². The van der Waals surface area contributed by atoms with Gasteiger partial charge in [-0.25, -0.2) is 0 Å². The third-order valence-corrected chi connectivity index (χ3v) is 15.0. The molecule has 0 heterocycles. The number of hydrogen-bond donors (Lipinski definition) is 2. The molecule has 0 unspecified atom stereocenters. The van der Waals surface area contributed by atoms with E-state index < -0.39 is 13.9 Å². The molecule has 4 rings (SSSR count). The first-order valence-corrected chi connectivity index (χ1v) is 16.6. The van der Waals surface area contributed by atoms with Gasteiger partial charge in [-0.1, -0.05) is 133 Å². The Morgan fingerprint density at radius 3 is 1.47 bits per heavy atom. The summed E-state index contributed by atoms with van der Waals surface area (Å²) in [5.74, 6) is 0.135. The number of nitrogens with one attached hydrogen (secondary N) is 1. The number of rotatable bonds is 11. The second-order valence-electron chi connectivity index (χ2n) is 12.1. The van der Waals surface area contributed by atoms with Crippen LogP contribution in [0.4, 0.5) is 0 Å². The van der Waals surface area contributed by atoms with Gasteiger partial charge in [-0.3, -0.25) is 5.32 Å². The van der Waals surface area contributed by atoms with Gasteiger partial charge in [-0.05, 0) is 46.2 Å². The molecule has 3 aromatic carbocycles. The highest BCUT2D eigenvalue weighted by molar-refractivity contribution is 6.77. The van der Waals surface area contributed by atoms with Gasteiger partial charge in [-0.15, -0.1) is 0 Å². The number of benzene rings is 3. The Bertz CT molecular complexity index is 999. The van der Waals surface area contributed by atoms with E-state index in [-0.39, 0.29) is 18.1 Å². The van der Waals surface area contributed by atoms with Gasteiger partial charge < -0.3 is 9.53 Å². The Morgan fingerprint density at radius 1 is 0.711 bits per heavy atom. The summed E-state index contributed by atoms with van der Waals surface area (Å²) in [6.07, 6.45) is 1.25. The Balaban J connectivity index is 1.66. The predicted molar refractivity (Wildman–Crippen MR) is 162 cm³/mol.